The van der Waals surface area contributed by atoms with E-state index in [1.165, 1.54) is 0 Å². The number of nitrogens with zero attached hydrogens (tertiary/aromatic N) is 3. The molecule has 3 heterocycles. The Hall–Kier alpha value is -2.76. The molecule has 1 unspecified atom stereocenters. The molecule has 0 N–H and O–H groups in total. The third kappa shape index (κ3) is 2.80. The Kier molecular flexibility index (Phi) is 4.42. The van der Waals surface area contributed by atoms with E-state index in [0.29, 0.717) is 13.1 Å². The van der Waals surface area contributed by atoms with Crippen LogP contribution in [0.15, 0.2) is 47.1 Å². The number of hydrogen-bond acceptors (Lipinski definition) is 5. The molecule has 1 aromatic rings. The summed E-state index contributed by atoms with van der Waals surface area (Å²) >= 11 is 0. The zero-order valence-corrected chi connectivity index (χ0v) is 16.1. The van der Waals surface area contributed by atoms with E-state index in [2.05, 4.69) is 20.4 Å². The van der Waals surface area contributed by atoms with Crippen LogP contribution in [0.3, 0.4) is 0 Å². The van der Waals surface area contributed by atoms with Gasteiger partial charge in [-0.15, -0.1) is 6.58 Å². The number of carbonyl (C=O) groups is 1. The van der Waals surface area contributed by atoms with Crippen LogP contribution in [0, 0.1) is 5.92 Å². The van der Waals surface area contributed by atoms with Crippen LogP contribution in [0.25, 0.3) is 0 Å². The Morgan fingerprint density at radius 2 is 2.11 bits per heavy atom. The van der Waals surface area contributed by atoms with Gasteiger partial charge in [-0.1, -0.05) is 26.0 Å². The maximum atomic E-state index is 13.3. The minimum absolute atomic E-state index is 0.0327. The second-order valence-electron chi connectivity index (χ2n) is 7.37. The van der Waals surface area contributed by atoms with Crippen molar-refractivity contribution in [3.8, 4) is 11.5 Å². The molecule has 6 nitrogen and oxygen atoms in total. The van der Waals surface area contributed by atoms with E-state index in [9.17, 15) is 4.79 Å². The van der Waals surface area contributed by atoms with Crippen molar-refractivity contribution in [2.45, 2.75) is 19.9 Å². The van der Waals surface area contributed by atoms with E-state index in [1.54, 1.807) is 6.08 Å². The summed E-state index contributed by atoms with van der Waals surface area (Å²) in [6.07, 6.45) is 1.77. The van der Waals surface area contributed by atoms with Gasteiger partial charge in [0.2, 0.25) is 6.79 Å². The maximum absolute atomic E-state index is 13.3. The molecule has 0 aliphatic carbocycles. The van der Waals surface area contributed by atoms with E-state index in [1.807, 2.05) is 35.0 Å². The molecule has 3 aliphatic heterocycles. The number of fused-ring (bicyclic) bond motifs is 1. The van der Waals surface area contributed by atoms with Gasteiger partial charge in [-0.2, -0.15) is 0 Å². The summed E-state index contributed by atoms with van der Waals surface area (Å²) in [7, 11) is 1.97. The number of carbonyl (C=O) groups excluding carboxylic acids is 1. The van der Waals surface area contributed by atoms with Crippen LogP contribution in [-0.2, 0) is 4.79 Å². The van der Waals surface area contributed by atoms with Crippen LogP contribution in [0.5, 0.6) is 11.5 Å². The highest BCUT2D eigenvalue weighted by molar-refractivity contribution is 6.13. The van der Waals surface area contributed by atoms with E-state index in [0.717, 1.165) is 40.6 Å². The fourth-order valence-corrected chi connectivity index (χ4v) is 4.05. The lowest BCUT2D eigenvalue weighted by molar-refractivity contribution is -0.127. The third-order valence-electron chi connectivity index (χ3n) is 5.26. The van der Waals surface area contributed by atoms with Gasteiger partial charge in [-0.25, -0.2) is 0 Å². The number of ether oxygens (including phenoxy) is 2. The first-order chi connectivity index (χ1) is 13.0. The Morgan fingerprint density at radius 1 is 1.33 bits per heavy atom. The lowest BCUT2D eigenvalue weighted by Crippen LogP contribution is -2.34. The molecule has 1 aromatic carbocycles. The molecule has 0 aromatic heterocycles. The van der Waals surface area contributed by atoms with Crippen molar-refractivity contribution in [1.82, 2.24) is 9.80 Å². The molecule has 6 heteroatoms. The largest absolute Gasteiger partial charge is 0.454 e. The molecule has 0 spiro atoms. The Morgan fingerprint density at radius 3 is 2.85 bits per heavy atom. The van der Waals surface area contributed by atoms with Gasteiger partial charge in [0.15, 0.2) is 11.5 Å². The van der Waals surface area contributed by atoms with Gasteiger partial charge in [-0.3, -0.25) is 9.79 Å². The third-order valence-corrected chi connectivity index (χ3v) is 5.26. The van der Waals surface area contributed by atoms with Crippen molar-refractivity contribution in [3.05, 3.63) is 47.7 Å². The fourth-order valence-electron chi connectivity index (χ4n) is 4.05. The minimum atomic E-state index is -0.207. The first-order valence-electron chi connectivity index (χ1n) is 9.34. The molecule has 1 amide bonds. The van der Waals surface area contributed by atoms with Gasteiger partial charge in [0.25, 0.3) is 5.91 Å². The first-order valence-corrected chi connectivity index (χ1v) is 9.34. The van der Waals surface area contributed by atoms with Crippen molar-refractivity contribution in [1.29, 1.82) is 0 Å². The number of hydrogen-bond donors (Lipinski definition) is 0. The predicted molar refractivity (Wildman–Crippen MR) is 104 cm³/mol. The summed E-state index contributed by atoms with van der Waals surface area (Å²) < 4.78 is 11.0. The van der Waals surface area contributed by atoms with Gasteiger partial charge in [0, 0.05) is 31.4 Å². The molecule has 0 saturated heterocycles. The molecule has 3 aliphatic rings. The average molecular weight is 367 g/mol. The molecule has 0 bridgehead atoms. The molecule has 0 radical (unpaired) electrons. The number of aliphatic imine (C=N–C) groups is 1. The second-order valence-corrected chi connectivity index (χ2v) is 7.37. The molecular formula is C21H25N3O3. The quantitative estimate of drug-likeness (QED) is 0.768. The Labute approximate surface area is 159 Å². The topological polar surface area (TPSA) is 54.4 Å². The minimum Gasteiger partial charge on any atom is -0.454 e. The molecule has 0 fully saturated rings. The van der Waals surface area contributed by atoms with Crippen molar-refractivity contribution in [2.24, 2.45) is 10.9 Å². The van der Waals surface area contributed by atoms with E-state index >= 15 is 0 Å². The maximum Gasteiger partial charge on any atom is 0.271 e. The molecule has 0 saturated carbocycles. The summed E-state index contributed by atoms with van der Waals surface area (Å²) in [6.45, 7) is 10.2. The lowest BCUT2D eigenvalue weighted by atomic mass is 9.90. The van der Waals surface area contributed by atoms with Crippen LogP contribution in [0.2, 0.25) is 0 Å². The summed E-state index contributed by atoms with van der Waals surface area (Å²) in [6, 6.07) is 5.70. The standard InChI is InChI=1S/C21H25N3O3/c1-5-9-24-19(14-6-7-15-16(11-14)27-12-26-15)17-18(13(2)3)22-8-10-23(4)20(17)21(24)25/h5-7,11,13,19H,1,8-10,12H2,2-4H3. The molecule has 4 rings (SSSR count). The summed E-state index contributed by atoms with van der Waals surface area (Å²) in [5.74, 6) is 1.72. The van der Waals surface area contributed by atoms with Crippen molar-refractivity contribution in [3.63, 3.8) is 0 Å². The van der Waals surface area contributed by atoms with Crippen LogP contribution in [-0.4, -0.2) is 54.9 Å². The predicted octanol–water partition coefficient (Wildman–Crippen LogP) is 2.78. The van der Waals surface area contributed by atoms with Gasteiger partial charge in [-0.05, 0) is 23.6 Å². The van der Waals surface area contributed by atoms with Crippen LogP contribution < -0.4 is 9.47 Å². The normalized spacial score (nSPS) is 21.6. The van der Waals surface area contributed by atoms with E-state index < -0.39 is 0 Å². The van der Waals surface area contributed by atoms with Crippen molar-refractivity contribution >= 4 is 11.6 Å². The number of benzene rings is 1. The van der Waals surface area contributed by atoms with Crippen LogP contribution >= 0.6 is 0 Å². The highest BCUT2D eigenvalue weighted by Gasteiger charge is 2.44. The smallest absolute Gasteiger partial charge is 0.271 e. The van der Waals surface area contributed by atoms with Crippen molar-refractivity contribution in [2.75, 3.05) is 33.5 Å². The van der Waals surface area contributed by atoms with E-state index in [4.69, 9.17) is 14.5 Å². The van der Waals surface area contributed by atoms with Gasteiger partial charge >= 0.3 is 0 Å². The Bertz CT molecular complexity index is 856. The zero-order valence-electron chi connectivity index (χ0n) is 16.1. The lowest BCUT2D eigenvalue weighted by Gasteiger charge is -2.28. The average Bonchev–Trinajstić information content (AvgIpc) is 3.16. The summed E-state index contributed by atoms with van der Waals surface area (Å²) in [5.41, 5.74) is 3.78. The van der Waals surface area contributed by atoms with Gasteiger partial charge in [0.05, 0.1) is 12.6 Å². The van der Waals surface area contributed by atoms with E-state index in [-0.39, 0.29) is 24.7 Å². The molecule has 27 heavy (non-hydrogen) atoms. The summed E-state index contributed by atoms with van der Waals surface area (Å²) in [5, 5.41) is 0. The van der Waals surface area contributed by atoms with Crippen molar-refractivity contribution < 1.29 is 14.3 Å². The monoisotopic (exact) mass is 367 g/mol. The van der Waals surface area contributed by atoms with Gasteiger partial charge in [0.1, 0.15) is 5.70 Å². The number of likely N-dealkylation sites (N-methyl/N-ethyl adjacent to an activating group) is 1. The fraction of sp³-hybridized carbons (Fsp3) is 0.429. The van der Waals surface area contributed by atoms with Crippen LogP contribution in [0.4, 0.5) is 0 Å². The number of rotatable bonds is 4. The highest BCUT2D eigenvalue weighted by Crippen LogP contribution is 2.44. The van der Waals surface area contributed by atoms with Gasteiger partial charge < -0.3 is 19.3 Å². The first kappa shape index (κ1) is 17.6. The zero-order chi connectivity index (χ0) is 19.1. The second kappa shape index (κ2) is 6.76. The molecular weight excluding hydrogens is 342 g/mol. The Balaban J connectivity index is 1.89. The highest BCUT2D eigenvalue weighted by atomic mass is 16.7. The van der Waals surface area contributed by atoms with Crippen LogP contribution in [0.1, 0.15) is 25.5 Å². The SMILES string of the molecule is C=CCN1C(=O)C2=C(C(C(C)C)=NCCN2C)C1c1ccc2c(c1)OCO2. The molecule has 1 atom stereocenters. The summed E-state index contributed by atoms with van der Waals surface area (Å²) in [4.78, 5) is 22.1. The number of amides is 1. The molecule has 142 valence electrons.